The number of hydrogen-bond donors (Lipinski definition) is 2. The van der Waals surface area contributed by atoms with Gasteiger partial charge in [-0.1, -0.05) is 12.1 Å². The first-order chi connectivity index (χ1) is 9.39. The molecule has 0 amide bonds. The van der Waals surface area contributed by atoms with E-state index < -0.39 is 17.7 Å². The summed E-state index contributed by atoms with van der Waals surface area (Å²) in [4.78, 5) is 10.8. The molecular weight excluding hydrogens is 275 g/mol. The topological polar surface area (TPSA) is 62.5 Å². The fourth-order valence-electron chi connectivity index (χ4n) is 1.74. The minimum atomic E-state index is -4.48. The number of carboxylic acids is 1. The van der Waals surface area contributed by atoms with Gasteiger partial charge in [0, 0.05) is 17.8 Å². The lowest BCUT2D eigenvalue weighted by atomic mass is 10.1. The highest BCUT2D eigenvalue weighted by Gasteiger charge is 2.33. The first-order valence-corrected chi connectivity index (χ1v) is 5.59. The van der Waals surface area contributed by atoms with Gasteiger partial charge >= 0.3 is 12.1 Å². The van der Waals surface area contributed by atoms with Crippen molar-refractivity contribution in [3.63, 3.8) is 0 Å². The second-order valence-electron chi connectivity index (χ2n) is 3.98. The van der Waals surface area contributed by atoms with E-state index in [1.54, 1.807) is 0 Å². The van der Waals surface area contributed by atoms with E-state index in [0.29, 0.717) is 0 Å². The summed E-state index contributed by atoms with van der Waals surface area (Å²) in [5, 5.41) is 11.4. The summed E-state index contributed by atoms with van der Waals surface area (Å²) in [6.45, 7) is -0.0781. The number of rotatable bonds is 4. The minimum absolute atomic E-state index is 0.0781. The molecule has 0 saturated heterocycles. The van der Waals surface area contributed by atoms with Gasteiger partial charge in [-0.15, -0.1) is 0 Å². The molecule has 1 heterocycles. The highest BCUT2D eigenvalue weighted by molar-refractivity contribution is 5.86. The Hall–Kier alpha value is -2.44. The second-order valence-corrected chi connectivity index (χ2v) is 3.98. The molecule has 4 nitrogen and oxygen atoms in total. The van der Waals surface area contributed by atoms with Gasteiger partial charge in [-0.05, 0) is 18.2 Å². The molecule has 0 atom stereocenters. The maximum atomic E-state index is 12.8. The van der Waals surface area contributed by atoms with Crippen molar-refractivity contribution in [2.75, 3.05) is 5.32 Å². The van der Waals surface area contributed by atoms with Crippen molar-refractivity contribution in [2.45, 2.75) is 12.7 Å². The van der Waals surface area contributed by atoms with E-state index in [-0.39, 0.29) is 23.6 Å². The maximum absolute atomic E-state index is 12.8. The van der Waals surface area contributed by atoms with Crippen molar-refractivity contribution in [1.82, 2.24) is 0 Å². The molecule has 0 unspecified atom stereocenters. The Kier molecular flexibility index (Phi) is 3.69. The van der Waals surface area contributed by atoms with Crippen LogP contribution >= 0.6 is 0 Å². The zero-order chi connectivity index (χ0) is 14.8. The third-order valence-corrected chi connectivity index (χ3v) is 2.64. The van der Waals surface area contributed by atoms with E-state index in [2.05, 4.69) is 5.32 Å². The predicted octanol–water partition coefficient (Wildman–Crippen LogP) is 3.61. The number of furan rings is 1. The Morgan fingerprint density at radius 3 is 2.60 bits per heavy atom. The van der Waals surface area contributed by atoms with Gasteiger partial charge < -0.3 is 14.8 Å². The minimum Gasteiger partial charge on any atom is -0.475 e. The lowest BCUT2D eigenvalue weighted by molar-refractivity contribution is -0.137. The van der Waals surface area contributed by atoms with Crippen LogP contribution in [0.5, 0.6) is 0 Å². The number of aromatic carboxylic acids is 1. The molecular formula is C13H10F3NO3. The molecule has 0 saturated carbocycles. The van der Waals surface area contributed by atoms with Crippen LogP contribution in [0.1, 0.15) is 21.7 Å². The molecule has 0 fully saturated rings. The third-order valence-electron chi connectivity index (χ3n) is 2.64. The average Bonchev–Trinajstić information content (AvgIpc) is 2.84. The first-order valence-electron chi connectivity index (χ1n) is 5.59. The fraction of sp³-hybridized carbons (Fsp3) is 0.154. The highest BCUT2D eigenvalue weighted by Crippen LogP contribution is 2.34. The molecule has 0 bridgehead atoms. The van der Waals surface area contributed by atoms with Crippen LogP contribution in [0.15, 0.2) is 41.0 Å². The van der Waals surface area contributed by atoms with Gasteiger partial charge in [0.15, 0.2) is 0 Å². The van der Waals surface area contributed by atoms with Gasteiger partial charge in [-0.3, -0.25) is 0 Å². The number of halogens is 3. The van der Waals surface area contributed by atoms with Crippen LogP contribution in [0.25, 0.3) is 0 Å². The molecule has 0 aliphatic heterocycles. The van der Waals surface area contributed by atoms with E-state index in [1.165, 1.54) is 30.5 Å². The molecule has 0 aliphatic rings. The van der Waals surface area contributed by atoms with Crippen molar-refractivity contribution in [3.05, 3.63) is 53.5 Å². The summed E-state index contributed by atoms with van der Waals surface area (Å²) >= 11 is 0. The zero-order valence-electron chi connectivity index (χ0n) is 10.1. The SMILES string of the molecule is O=C(O)c1occc1CNc1ccccc1C(F)(F)F. The quantitative estimate of drug-likeness (QED) is 0.900. The van der Waals surface area contributed by atoms with Crippen molar-refractivity contribution in [2.24, 2.45) is 0 Å². The molecule has 7 heteroatoms. The highest BCUT2D eigenvalue weighted by atomic mass is 19.4. The number of alkyl halides is 3. The number of anilines is 1. The zero-order valence-corrected chi connectivity index (χ0v) is 10.1. The molecule has 2 aromatic rings. The largest absolute Gasteiger partial charge is 0.475 e. The summed E-state index contributed by atoms with van der Waals surface area (Å²) in [7, 11) is 0. The molecule has 0 radical (unpaired) electrons. The van der Waals surface area contributed by atoms with Crippen LogP contribution in [-0.4, -0.2) is 11.1 Å². The Balaban J connectivity index is 2.20. The number of nitrogens with one attached hydrogen (secondary N) is 1. The second kappa shape index (κ2) is 5.28. The van der Waals surface area contributed by atoms with E-state index in [1.807, 2.05) is 0 Å². The van der Waals surface area contributed by atoms with Gasteiger partial charge in [0.05, 0.1) is 11.8 Å². The first kappa shape index (κ1) is 14.0. The summed E-state index contributed by atoms with van der Waals surface area (Å²) < 4.78 is 43.1. The lowest BCUT2D eigenvalue weighted by Gasteiger charge is -2.13. The third kappa shape index (κ3) is 2.93. The Morgan fingerprint density at radius 2 is 1.95 bits per heavy atom. The van der Waals surface area contributed by atoms with Crippen LogP contribution < -0.4 is 5.32 Å². The van der Waals surface area contributed by atoms with E-state index in [9.17, 15) is 18.0 Å². The van der Waals surface area contributed by atoms with Crippen LogP contribution in [-0.2, 0) is 12.7 Å². The van der Waals surface area contributed by atoms with Crippen LogP contribution in [0.2, 0.25) is 0 Å². The Bertz CT molecular complexity index is 619. The standard InChI is InChI=1S/C13H10F3NO3/c14-13(15,16)9-3-1-2-4-10(9)17-7-8-5-6-20-11(8)12(18)19/h1-6,17H,7H2,(H,18,19). The lowest BCUT2D eigenvalue weighted by Crippen LogP contribution is -2.11. The van der Waals surface area contributed by atoms with Crippen molar-refractivity contribution >= 4 is 11.7 Å². The molecule has 2 N–H and O–H groups in total. The predicted molar refractivity (Wildman–Crippen MR) is 64.4 cm³/mol. The van der Waals surface area contributed by atoms with Gasteiger partial charge in [0.1, 0.15) is 0 Å². The molecule has 0 aliphatic carbocycles. The summed E-state index contributed by atoms with van der Waals surface area (Å²) in [6, 6.07) is 6.38. The Labute approximate surface area is 111 Å². The monoisotopic (exact) mass is 285 g/mol. The van der Waals surface area contributed by atoms with Crippen LogP contribution in [0.3, 0.4) is 0 Å². The fourth-order valence-corrected chi connectivity index (χ4v) is 1.74. The molecule has 1 aromatic heterocycles. The van der Waals surface area contributed by atoms with Crippen molar-refractivity contribution in [1.29, 1.82) is 0 Å². The number of para-hydroxylation sites is 1. The summed E-state index contributed by atoms with van der Waals surface area (Å²) in [5.41, 5.74) is -0.646. The van der Waals surface area contributed by atoms with E-state index >= 15 is 0 Å². The smallest absolute Gasteiger partial charge is 0.418 e. The molecule has 0 spiro atoms. The van der Waals surface area contributed by atoms with Crippen LogP contribution in [0.4, 0.5) is 18.9 Å². The number of hydrogen-bond acceptors (Lipinski definition) is 3. The number of carbonyl (C=O) groups is 1. The normalized spacial score (nSPS) is 11.3. The van der Waals surface area contributed by atoms with Crippen molar-refractivity contribution < 1.29 is 27.5 Å². The van der Waals surface area contributed by atoms with Gasteiger partial charge in [0.25, 0.3) is 0 Å². The van der Waals surface area contributed by atoms with E-state index in [0.717, 1.165) is 6.07 Å². The van der Waals surface area contributed by atoms with Gasteiger partial charge in [-0.25, -0.2) is 4.79 Å². The Morgan fingerprint density at radius 1 is 1.25 bits per heavy atom. The molecule has 20 heavy (non-hydrogen) atoms. The average molecular weight is 285 g/mol. The molecule has 106 valence electrons. The van der Waals surface area contributed by atoms with Crippen molar-refractivity contribution in [3.8, 4) is 0 Å². The molecule has 2 rings (SSSR count). The number of carboxylic acid groups (broad SMARTS) is 1. The van der Waals surface area contributed by atoms with E-state index in [4.69, 9.17) is 9.52 Å². The van der Waals surface area contributed by atoms with Crippen LogP contribution in [0, 0.1) is 0 Å². The van der Waals surface area contributed by atoms with Gasteiger partial charge in [-0.2, -0.15) is 13.2 Å². The molecule has 1 aromatic carbocycles. The summed E-state index contributed by atoms with van der Waals surface area (Å²) in [6.07, 6.45) is -3.30. The summed E-state index contributed by atoms with van der Waals surface area (Å²) in [5.74, 6) is -1.56. The number of benzene rings is 1. The van der Waals surface area contributed by atoms with Gasteiger partial charge in [0.2, 0.25) is 5.76 Å². The maximum Gasteiger partial charge on any atom is 0.418 e.